The van der Waals surface area contributed by atoms with Crippen LogP contribution >= 0.6 is 0 Å². The van der Waals surface area contributed by atoms with Crippen LogP contribution in [-0.2, 0) is 4.79 Å². The molecule has 0 unspecified atom stereocenters. The Balaban J connectivity index is 2.20. The monoisotopic (exact) mass is 224 g/mol. The van der Waals surface area contributed by atoms with Crippen molar-refractivity contribution < 1.29 is 18.0 Å². The zero-order chi connectivity index (χ0) is 11.5. The van der Waals surface area contributed by atoms with Gasteiger partial charge in [-0.25, -0.2) is 0 Å². The normalized spacial score (nSPS) is 17.3. The predicted molar refractivity (Wildman–Crippen MR) is 49.3 cm³/mol. The van der Waals surface area contributed by atoms with Crippen molar-refractivity contribution in [2.45, 2.75) is 19.0 Å². The maximum Gasteiger partial charge on any atom is 0.390 e. The first-order valence-electron chi connectivity index (χ1n) is 4.90. The van der Waals surface area contributed by atoms with E-state index in [0.717, 1.165) is 18.0 Å². The van der Waals surface area contributed by atoms with Crippen molar-refractivity contribution in [3.8, 4) is 0 Å². The van der Waals surface area contributed by atoms with Gasteiger partial charge in [-0.2, -0.15) is 13.2 Å². The largest absolute Gasteiger partial charge is 0.390 e. The molecule has 1 aliphatic rings. The molecular formula is C9H15F3N2O. The Morgan fingerprint density at radius 3 is 2.47 bits per heavy atom. The Labute approximate surface area is 86.6 Å². The second kappa shape index (κ2) is 4.83. The minimum Gasteiger partial charge on any atom is -0.345 e. The average Bonchev–Trinajstić information content (AvgIpc) is 2.05. The Morgan fingerprint density at radius 2 is 2.07 bits per heavy atom. The molecule has 0 aromatic carbocycles. The number of nitrogens with one attached hydrogen (secondary N) is 1. The van der Waals surface area contributed by atoms with Gasteiger partial charge in [0.05, 0.1) is 6.42 Å². The second-order valence-electron chi connectivity index (χ2n) is 3.91. The van der Waals surface area contributed by atoms with Crippen LogP contribution in [0.15, 0.2) is 0 Å². The summed E-state index contributed by atoms with van der Waals surface area (Å²) in [6, 6.07) is 0. The van der Waals surface area contributed by atoms with Crippen LogP contribution in [0.2, 0.25) is 0 Å². The number of amides is 1. The summed E-state index contributed by atoms with van der Waals surface area (Å²) >= 11 is 0. The molecule has 15 heavy (non-hydrogen) atoms. The summed E-state index contributed by atoms with van der Waals surface area (Å²) in [6.07, 6.45) is -4.77. The lowest BCUT2D eigenvalue weighted by atomic mass is 9.99. The van der Waals surface area contributed by atoms with Gasteiger partial charge in [-0.3, -0.25) is 4.79 Å². The number of nitrogens with zero attached hydrogens (tertiary/aromatic N) is 1. The molecule has 0 bridgehead atoms. The van der Waals surface area contributed by atoms with Crippen LogP contribution in [-0.4, -0.2) is 43.7 Å². The predicted octanol–water partition coefficient (Wildman–Crippen LogP) is 1.01. The summed E-state index contributed by atoms with van der Waals surface area (Å²) in [5, 5.41) is 3.01. The van der Waals surface area contributed by atoms with Crippen LogP contribution in [0, 0.1) is 5.92 Å². The molecule has 6 heteroatoms. The Morgan fingerprint density at radius 1 is 1.47 bits per heavy atom. The van der Waals surface area contributed by atoms with Crippen LogP contribution in [0.3, 0.4) is 0 Å². The molecule has 0 saturated carbocycles. The van der Waals surface area contributed by atoms with E-state index in [0.29, 0.717) is 12.3 Å². The minimum absolute atomic E-state index is 0.203. The lowest BCUT2D eigenvalue weighted by Crippen LogP contribution is -2.45. The van der Waals surface area contributed by atoms with E-state index in [4.69, 9.17) is 0 Å². The average molecular weight is 224 g/mol. The van der Waals surface area contributed by atoms with Crippen molar-refractivity contribution in [3.63, 3.8) is 0 Å². The Hall–Kier alpha value is -0.780. The summed E-state index contributed by atoms with van der Waals surface area (Å²) in [7, 11) is 1.42. The van der Waals surface area contributed by atoms with Crippen molar-refractivity contribution >= 4 is 5.91 Å². The number of rotatable bonds is 4. The third-order valence-corrected chi connectivity index (χ3v) is 2.49. The Kier molecular flexibility index (Phi) is 3.96. The molecule has 1 aliphatic heterocycles. The third-order valence-electron chi connectivity index (χ3n) is 2.49. The van der Waals surface area contributed by atoms with E-state index >= 15 is 0 Å². The van der Waals surface area contributed by atoms with Gasteiger partial charge in [-0.1, -0.05) is 0 Å². The first kappa shape index (κ1) is 12.3. The molecule has 1 N–H and O–H groups in total. The van der Waals surface area contributed by atoms with E-state index in [-0.39, 0.29) is 12.5 Å². The van der Waals surface area contributed by atoms with Gasteiger partial charge in [0.25, 0.3) is 0 Å². The first-order chi connectivity index (χ1) is 6.88. The summed E-state index contributed by atoms with van der Waals surface area (Å²) < 4.78 is 35.6. The van der Waals surface area contributed by atoms with Gasteiger partial charge in [0, 0.05) is 20.0 Å². The van der Waals surface area contributed by atoms with Crippen molar-refractivity contribution in [1.82, 2.24) is 10.2 Å². The van der Waals surface area contributed by atoms with E-state index in [1.165, 1.54) is 7.05 Å². The molecule has 88 valence electrons. The lowest BCUT2D eigenvalue weighted by Gasteiger charge is -2.28. The molecule has 0 aromatic rings. The van der Waals surface area contributed by atoms with Gasteiger partial charge in [-0.05, 0) is 19.0 Å². The highest BCUT2D eigenvalue weighted by Crippen LogP contribution is 2.20. The quantitative estimate of drug-likeness (QED) is 0.772. The van der Waals surface area contributed by atoms with Gasteiger partial charge in [0.2, 0.25) is 5.91 Å². The van der Waals surface area contributed by atoms with E-state index < -0.39 is 12.6 Å². The van der Waals surface area contributed by atoms with Crippen LogP contribution < -0.4 is 5.32 Å². The Bertz CT molecular complexity index is 226. The molecule has 0 aliphatic carbocycles. The SMILES string of the molecule is CN(CCC(F)(F)F)C(=O)CC1CNC1. The van der Waals surface area contributed by atoms with Gasteiger partial charge < -0.3 is 10.2 Å². The zero-order valence-corrected chi connectivity index (χ0v) is 8.60. The molecular weight excluding hydrogens is 209 g/mol. The minimum atomic E-state index is -4.19. The van der Waals surface area contributed by atoms with Crippen molar-refractivity contribution in [1.29, 1.82) is 0 Å². The molecule has 0 atom stereocenters. The molecule has 3 nitrogen and oxygen atoms in total. The molecule has 1 heterocycles. The van der Waals surface area contributed by atoms with E-state index in [1.807, 2.05) is 0 Å². The van der Waals surface area contributed by atoms with Gasteiger partial charge in [0.1, 0.15) is 0 Å². The standard InChI is InChI=1S/C9H15F3N2O/c1-14(3-2-9(10,11)12)8(15)4-7-5-13-6-7/h7,13H,2-6H2,1H3. The highest BCUT2D eigenvalue weighted by molar-refractivity contribution is 5.76. The molecule has 0 aromatic heterocycles. The maximum atomic E-state index is 11.9. The van der Waals surface area contributed by atoms with Crippen LogP contribution in [0.1, 0.15) is 12.8 Å². The number of hydrogen-bond acceptors (Lipinski definition) is 2. The summed E-state index contributed by atoms with van der Waals surface area (Å²) in [6.45, 7) is 1.33. The van der Waals surface area contributed by atoms with E-state index in [2.05, 4.69) is 5.32 Å². The maximum absolute atomic E-state index is 11.9. The van der Waals surface area contributed by atoms with Crippen molar-refractivity contribution in [3.05, 3.63) is 0 Å². The van der Waals surface area contributed by atoms with Crippen LogP contribution in [0.5, 0.6) is 0 Å². The zero-order valence-electron chi connectivity index (χ0n) is 8.60. The number of hydrogen-bond donors (Lipinski definition) is 1. The summed E-state index contributed by atoms with van der Waals surface area (Å²) in [5.41, 5.74) is 0. The summed E-state index contributed by atoms with van der Waals surface area (Å²) in [5.74, 6) is 0.0941. The van der Waals surface area contributed by atoms with Gasteiger partial charge >= 0.3 is 6.18 Å². The molecule has 1 fully saturated rings. The first-order valence-corrected chi connectivity index (χ1v) is 4.90. The number of carbonyl (C=O) groups is 1. The smallest absolute Gasteiger partial charge is 0.345 e. The number of alkyl halides is 3. The molecule has 1 saturated heterocycles. The molecule has 1 amide bonds. The second-order valence-corrected chi connectivity index (χ2v) is 3.91. The fraction of sp³-hybridized carbons (Fsp3) is 0.889. The van der Waals surface area contributed by atoms with Gasteiger partial charge in [-0.15, -0.1) is 0 Å². The van der Waals surface area contributed by atoms with Gasteiger partial charge in [0.15, 0.2) is 0 Å². The van der Waals surface area contributed by atoms with Crippen molar-refractivity contribution in [2.24, 2.45) is 5.92 Å². The fourth-order valence-electron chi connectivity index (χ4n) is 1.31. The molecule has 0 radical (unpaired) electrons. The molecule has 1 rings (SSSR count). The highest BCUT2D eigenvalue weighted by atomic mass is 19.4. The van der Waals surface area contributed by atoms with E-state index in [9.17, 15) is 18.0 Å². The van der Waals surface area contributed by atoms with Crippen LogP contribution in [0.4, 0.5) is 13.2 Å². The lowest BCUT2D eigenvalue weighted by molar-refractivity contribution is -0.144. The fourth-order valence-corrected chi connectivity index (χ4v) is 1.31. The summed E-state index contributed by atoms with van der Waals surface area (Å²) in [4.78, 5) is 12.6. The number of carbonyl (C=O) groups excluding carboxylic acids is 1. The third kappa shape index (κ3) is 4.51. The van der Waals surface area contributed by atoms with Crippen LogP contribution in [0.25, 0.3) is 0 Å². The molecule has 0 spiro atoms. The van der Waals surface area contributed by atoms with E-state index in [1.54, 1.807) is 0 Å². The highest BCUT2D eigenvalue weighted by Gasteiger charge is 2.29. The topological polar surface area (TPSA) is 32.3 Å². The van der Waals surface area contributed by atoms with Crippen molar-refractivity contribution in [2.75, 3.05) is 26.7 Å². The number of halogens is 3.